The lowest BCUT2D eigenvalue weighted by molar-refractivity contribution is -0.141. The molecule has 3 saturated heterocycles. The number of anilines is 2. The summed E-state index contributed by atoms with van der Waals surface area (Å²) in [4.78, 5) is 125. The molecule has 3 aliphatic heterocycles. The van der Waals surface area contributed by atoms with Crippen molar-refractivity contribution < 1.29 is 110 Å². The molecule has 3 aromatic heterocycles. The number of hydrogen-bond acceptors (Lipinski definition) is 29. The summed E-state index contributed by atoms with van der Waals surface area (Å²) in [5.74, 6) is 2.52. The van der Waals surface area contributed by atoms with Crippen LogP contribution in [0.2, 0.25) is 0 Å². The number of carboxylic acid groups (broad SMARTS) is 1. The molecule has 6 aromatic rings. The Morgan fingerprint density at radius 1 is 0.659 bits per heavy atom. The number of carbonyl (C=O) groups excluding carboxylic acids is 6. The number of hydrogen-bond donors (Lipinski definition) is 8. The number of nitrogens with two attached hydrogens (primary N) is 2. The molecule has 38 nitrogen and oxygen atoms in total. The number of pyridine rings is 1. The van der Waals surface area contributed by atoms with E-state index in [1.54, 1.807) is 43.1 Å². The summed E-state index contributed by atoms with van der Waals surface area (Å²) >= 11 is 0. The molecular formula is C88H124N14O24. The number of methoxy groups -OCH3 is 2. The van der Waals surface area contributed by atoms with Gasteiger partial charge in [0.15, 0.2) is 5.60 Å². The largest absolute Gasteiger partial charge is 0.495 e. The van der Waals surface area contributed by atoms with Gasteiger partial charge in [-0.3, -0.25) is 38.5 Å². The summed E-state index contributed by atoms with van der Waals surface area (Å²) in [5, 5.41) is 22.4. The predicted octanol–water partition coefficient (Wildman–Crippen LogP) is 3.08. The molecule has 0 radical (unpaired) electrons. The van der Waals surface area contributed by atoms with Gasteiger partial charge in [0.25, 0.3) is 5.56 Å². The fraction of sp³-hybridized carbons (Fsp3) is 0.591. The van der Waals surface area contributed by atoms with E-state index >= 15 is 0 Å². The van der Waals surface area contributed by atoms with Crippen LogP contribution < -0.4 is 52.8 Å². The first-order chi connectivity index (χ1) is 61.3. The van der Waals surface area contributed by atoms with E-state index in [1.807, 2.05) is 60.8 Å². The van der Waals surface area contributed by atoms with Gasteiger partial charge in [-0.05, 0) is 93.0 Å². The van der Waals surface area contributed by atoms with Crippen molar-refractivity contribution in [3.05, 3.63) is 112 Å². The number of benzene rings is 3. The molecule has 10 rings (SSSR count). The maximum absolute atomic E-state index is 14.2. The quantitative estimate of drug-likeness (QED) is 0.0154. The number of carbonyl (C=O) groups is 7. The van der Waals surface area contributed by atoms with E-state index in [1.165, 1.54) is 12.0 Å². The first-order valence-corrected chi connectivity index (χ1v) is 43.0. The first-order valence-electron chi connectivity index (χ1n) is 43.0. The summed E-state index contributed by atoms with van der Waals surface area (Å²) < 4.78 is 86.2. The van der Waals surface area contributed by atoms with Crippen molar-refractivity contribution in [2.75, 3.05) is 235 Å². The van der Waals surface area contributed by atoms with Crippen molar-refractivity contribution in [3.8, 4) is 28.7 Å². The van der Waals surface area contributed by atoms with E-state index in [2.05, 4.69) is 54.8 Å². The highest BCUT2D eigenvalue weighted by Gasteiger charge is 2.46. The van der Waals surface area contributed by atoms with Gasteiger partial charge >= 0.3 is 12.0 Å². The highest BCUT2D eigenvalue weighted by molar-refractivity contribution is 6.07. The van der Waals surface area contributed by atoms with Crippen molar-refractivity contribution in [1.29, 1.82) is 0 Å². The minimum atomic E-state index is -1.54. The summed E-state index contributed by atoms with van der Waals surface area (Å²) in [6, 6.07) is 19.7. The number of aromatic amines is 1. The SMILES string of the molecule is COCCOCCOCCOCCOCCOCCOCCOCCOCCOCCOCCOCCC(=O)N[C@@H](CC(=O)O)C(=O)NCN1C(=O)CCN(c2cc(C#CCNC3(C)CCN(C4CCN(c5nc([C@@](COCNC(=O)[C@@H](N)CC(N)=O)(OC6CC6)c6ccccc6)c6cc(-c7cn(C)c(=O)c8[nH]ccc78)ccc6n5)CC4)CC3)ccc2OC)C1=O. The van der Waals surface area contributed by atoms with Gasteiger partial charge in [-0.2, -0.15) is 0 Å². The Kier molecular flexibility index (Phi) is 41.0. The molecule has 1 aliphatic carbocycles. The van der Waals surface area contributed by atoms with Gasteiger partial charge in [0.05, 0.1) is 214 Å². The Morgan fingerprint density at radius 3 is 1.81 bits per heavy atom. The van der Waals surface area contributed by atoms with Crippen LogP contribution in [0.3, 0.4) is 0 Å². The van der Waals surface area contributed by atoms with Crippen LogP contribution in [0.4, 0.5) is 16.4 Å². The number of piperidine rings is 2. The van der Waals surface area contributed by atoms with Gasteiger partial charge in [0.1, 0.15) is 30.7 Å². The minimum absolute atomic E-state index is 0.00342. The van der Waals surface area contributed by atoms with E-state index in [9.17, 15) is 43.5 Å². The first kappa shape index (κ1) is 98.4. The predicted molar refractivity (Wildman–Crippen MR) is 463 cm³/mol. The summed E-state index contributed by atoms with van der Waals surface area (Å²) in [5.41, 5.74) is 14.7. The van der Waals surface area contributed by atoms with Gasteiger partial charge in [-0.25, -0.2) is 19.7 Å². The number of aliphatic carboxylic acids is 1. The zero-order valence-corrected chi connectivity index (χ0v) is 72.7. The maximum atomic E-state index is 14.2. The Labute approximate surface area is 733 Å². The number of amides is 7. The van der Waals surface area contributed by atoms with E-state index in [-0.39, 0.29) is 76.2 Å². The van der Waals surface area contributed by atoms with Crippen molar-refractivity contribution >= 4 is 75.0 Å². The third-order valence-electron chi connectivity index (χ3n) is 21.7. The van der Waals surface area contributed by atoms with Crippen LogP contribution in [-0.4, -0.2) is 331 Å². The molecule has 0 spiro atoms. The molecule has 4 fully saturated rings. The number of nitrogens with zero attached hydrogens (tertiary/aromatic N) is 7. The Bertz CT molecular complexity index is 4550. The zero-order valence-electron chi connectivity index (χ0n) is 72.7. The number of likely N-dealkylation sites (tertiary alicyclic amines) is 1. The summed E-state index contributed by atoms with van der Waals surface area (Å²) in [6.45, 7) is 13.9. The maximum Gasteiger partial charge on any atom is 0.332 e. The molecule has 0 unspecified atom stereocenters. The smallest absolute Gasteiger partial charge is 0.332 e. The number of aryl methyl sites for hydroxylation is 1. The number of urea groups is 1. The zero-order chi connectivity index (χ0) is 89.3. The fourth-order valence-corrected chi connectivity index (χ4v) is 14.6. The molecule has 7 amide bonds. The number of rotatable bonds is 60. The molecule has 10 N–H and O–H groups in total. The van der Waals surface area contributed by atoms with Crippen molar-refractivity contribution in [1.82, 2.24) is 50.6 Å². The highest BCUT2D eigenvalue weighted by atomic mass is 16.6. The molecule has 6 heterocycles. The molecule has 3 aromatic carbocycles. The van der Waals surface area contributed by atoms with Crippen LogP contribution in [-0.2, 0) is 108 Å². The van der Waals surface area contributed by atoms with Crippen LogP contribution in [0.15, 0.2) is 90.0 Å². The van der Waals surface area contributed by atoms with Crippen molar-refractivity contribution in [3.63, 3.8) is 0 Å². The Hall–Kier alpha value is -9.74. The molecule has 126 heavy (non-hydrogen) atoms. The Balaban J connectivity index is 0.615. The number of ether oxygens (including phenoxy) is 15. The molecule has 38 heteroatoms. The van der Waals surface area contributed by atoms with Gasteiger partial charge in [0, 0.05) is 106 Å². The minimum Gasteiger partial charge on any atom is -0.495 e. The third kappa shape index (κ3) is 31.1. The lowest BCUT2D eigenvalue weighted by atomic mass is 9.87. The van der Waals surface area contributed by atoms with Crippen LogP contribution in [0, 0.1) is 11.8 Å². The standard InChI is InChI=1S/C88H124N14O24/c1-87(23-30-99(31-24-87)66-19-27-100(28-20-66)85-96-72-16-13-64(70-59-98(2)84(110)80-68(70)18-26-91-80)56-69(72)81(97-85)88(126-67-14-15-67,65-10-6-5-7-11-65)60-125-62-93-82(108)71(89)57-76(90)103)94-25-8-9-63-12-17-75(113-4)74(55-63)101-29-21-78(105)102(86(101)111)61-92-83(109)73(58-79(106)107)95-77(104)22-32-114-35-36-116-39-40-118-43-44-120-47-48-122-51-52-124-54-53-123-50-49-121-46-45-119-42-41-117-38-37-115-34-33-112-3/h5-7,10-13,16-18,26,55-56,59,66-67,71,73,91,94H,14-15,19-25,27-54,57-58,60-62,89H2,1-4H3,(H2,90,103)(H,92,109)(H,93,108)(H,95,104)(H,106,107)/t71-,73-,88-/m0/s1. The van der Waals surface area contributed by atoms with Gasteiger partial charge in [0.2, 0.25) is 35.5 Å². The van der Waals surface area contributed by atoms with Crippen molar-refractivity contribution in [2.24, 2.45) is 18.5 Å². The molecule has 3 atom stereocenters. The summed E-state index contributed by atoms with van der Waals surface area (Å²) in [6.07, 6.45) is 7.14. The number of nitrogens with one attached hydrogen (secondary N) is 5. The van der Waals surface area contributed by atoms with Gasteiger partial charge < -0.3 is 128 Å². The second-order valence-electron chi connectivity index (χ2n) is 30.9. The summed E-state index contributed by atoms with van der Waals surface area (Å²) in [7, 11) is 4.81. The highest BCUT2D eigenvalue weighted by Crippen LogP contribution is 2.44. The lowest BCUT2D eigenvalue weighted by Gasteiger charge is -2.45. The third-order valence-corrected chi connectivity index (χ3v) is 21.7. The van der Waals surface area contributed by atoms with Crippen LogP contribution in [0.25, 0.3) is 32.9 Å². The fourth-order valence-electron chi connectivity index (χ4n) is 14.6. The van der Waals surface area contributed by atoms with E-state index < -0.39 is 72.3 Å². The lowest BCUT2D eigenvalue weighted by Crippen LogP contribution is -2.57. The average Bonchev–Trinajstić information content (AvgIpc) is 1.21. The number of primary amides is 1. The van der Waals surface area contributed by atoms with Gasteiger partial charge in [-0.15, -0.1) is 0 Å². The van der Waals surface area contributed by atoms with Crippen molar-refractivity contribution in [2.45, 2.75) is 107 Å². The molecular weight excluding hydrogens is 1640 g/mol. The normalized spacial score (nSPS) is 16.1. The molecule has 4 aliphatic rings. The van der Waals surface area contributed by atoms with Crippen LogP contribution in [0.5, 0.6) is 5.75 Å². The van der Waals surface area contributed by atoms with E-state index in [0.29, 0.717) is 203 Å². The number of carboxylic acids is 1. The Morgan fingerprint density at radius 2 is 1.25 bits per heavy atom. The van der Waals surface area contributed by atoms with Gasteiger partial charge in [-0.1, -0.05) is 48.2 Å². The number of fused-ring (bicyclic) bond motifs is 2. The van der Waals surface area contributed by atoms with Crippen LogP contribution in [0.1, 0.15) is 88.0 Å². The second-order valence-corrected chi connectivity index (χ2v) is 30.9. The number of H-pyrrole nitrogens is 1. The van der Waals surface area contributed by atoms with Crippen LogP contribution >= 0.6 is 0 Å². The molecule has 0 bridgehead atoms. The monoisotopic (exact) mass is 1760 g/mol. The number of imide groups is 1. The molecule has 1 saturated carbocycles. The average molecular weight is 1760 g/mol. The van der Waals surface area contributed by atoms with E-state index in [0.717, 1.165) is 78.6 Å². The topological polar surface area (TPSA) is 455 Å². The number of aromatic nitrogens is 4. The van der Waals surface area contributed by atoms with E-state index in [4.69, 9.17) is 92.5 Å². The second kappa shape index (κ2) is 52.5. The molecule has 690 valence electrons.